The SMILES string of the molecule is C[S@@](=N)(=O)c1ccc(C(=O)NC2CCC(c3nc4cc(Cl)ccc4o3)CC2)o1. The first kappa shape index (κ1) is 19.0. The molecule has 0 spiro atoms. The predicted molar refractivity (Wildman–Crippen MR) is 105 cm³/mol. The Labute approximate surface area is 167 Å². The van der Waals surface area contributed by atoms with Crippen molar-refractivity contribution < 1.29 is 17.8 Å². The minimum Gasteiger partial charge on any atom is -0.441 e. The van der Waals surface area contributed by atoms with Crippen LogP contribution in [-0.4, -0.2) is 27.4 Å². The van der Waals surface area contributed by atoms with Gasteiger partial charge in [0, 0.05) is 23.2 Å². The zero-order chi connectivity index (χ0) is 19.9. The highest BCUT2D eigenvalue weighted by molar-refractivity contribution is 7.91. The number of oxazole rings is 1. The van der Waals surface area contributed by atoms with Gasteiger partial charge in [-0.15, -0.1) is 0 Å². The molecule has 0 bridgehead atoms. The van der Waals surface area contributed by atoms with E-state index in [1.165, 1.54) is 18.4 Å². The molecule has 1 amide bonds. The maximum atomic E-state index is 12.4. The summed E-state index contributed by atoms with van der Waals surface area (Å²) in [7, 11) is -2.97. The molecule has 28 heavy (non-hydrogen) atoms. The van der Waals surface area contributed by atoms with Crippen LogP contribution in [0.2, 0.25) is 5.02 Å². The first-order valence-corrected chi connectivity index (χ1v) is 11.3. The van der Waals surface area contributed by atoms with Gasteiger partial charge in [-0.25, -0.2) is 14.0 Å². The second-order valence-electron chi connectivity index (χ2n) is 7.15. The predicted octanol–water partition coefficient (Wildman–Crippen LogP) is 4.57. The number of rotatable bonds is 4. The molecule has 0 unspecified atom stereocenters. The number of nitrogens with zero attached hydrogens (tertiary/aromatic N) is 1. The monoisotopic (exact) mass is 421 g/mol. The molecule has 2 N–H and O–H groups in total. The molecule has 0 aliphatic heterocycles. The number of benzene rings is 1. The minimum absolute atomic E-state index is 0.0115. The van der Waals surface area contributed by atoms with Crippen LogP contribution in [0, 0.1) is 4.78 Å². The summed E-state index contributed by atoms with van der Waals surface area (Å²) < 4.78 is 30.3. The van der Waals surface area contributed by atoms with E-state index >= 15 is 0 Å². The topological polar surface area (TPSA) is 109 Å². The maximum absolute atomic E-state index is 12.4. The average molecular weight is 422 g/mol. The molecular weight excluding hydrogens is 402 g/mol. The molecule has 4 rings (SSSR count). The van der Waals surface area contributed by atoms with Crippen LogP contribution in [0.15, 0.2) is 44.3 Å². The molecule has 2 aromatic heterocycles. The molecule has 1 atom stereocenters. The van der Waals surface area contributed by atoms with Gasteiger partial charge in [0.1, 0.15) is 15.2 Å². The van der Waals surface area contributed by atoms with E-state index in [0.717, 1.165) is 36.8 Å². The van der Waals surface area contributed by atoms with Crippen LogP contribution < -0.4 is 5.32 Å². The van der Waals surface area contributed by atoms with Gasteiger partial charge in [0.2, 0.25) is 0 Å². The maximum Gasteiger partial charge on any atom is 0.287 e. The fourth-order valence-corrected chi connectivity index (χ4v) is 4.23. The molecule has 7 nitrogen and oxygen atoms in total. The number of amides is 1. The molecule has 1 saturated carbocycles. The Kier molecular flexibility index (Phi) is 4.93. The Balaban J connectivity index is 1.37. The summed E-state index contributed by atoms with van der Waals surface area (Å²) in [5, 5.41) is 3.59. The van der Waals surface area contributed by atoms with Crippen molar-refractivity contribution in [2.24, 2.45) is 0 Å². The van der Waals surface area contributed by atoms with Gasteiger partial charge in [-0.2, -0.15) is 0 Å². The molecule has 0 saturated heterocycles. The summed E-state index contributed by atoms with van der Waals surface area (Å²) in [5.41, 5.74) is 1.48. The fourth-order valence-electron chi connectivity index (χ4n) is 3.49. The lowest BCUT2D eigenvalue weighted by molar-refractivity contribution is 0.0891. The zero-order valence-corrected chi connectivity index (χ0v) is 16.8. The largest absolute Gasteiger partial charge is 0.441 e. The average Bonchev–Trinajstić information content (AvgIpc) is 3.29. The lowest BCUT2D eigenvalue weighted by atomic mass is 9.86. The van der Waals surface area contributed by atoms with Crippen LogP contribution in [0.5, 0.6) is 0 Å². The van der Waals surface area contributed by atoms with Gasteiger partial charge in [0.25, 0.3) is 5.91 Å². The summed E-state index contributed by atoms with van der Waals surface area (Å²) in [6.07, 6.45) is 4.56. The molecule has 9 heteroatoms. The third-order valence-electron chi connectivity index (χ3n) is 4.97. The number of carbonyl (C=O) groups excluding carboxylic acids is 1. The van der Waals surface area contributed by atoms with Crippen LogP contribution >= 0.6 is 11.6 Å². The number of fused-ring (bicyclic) bond motifs is 1. The third kappa shape index (κ3) is 3.93. The minimum atomic E-state index is -2.97. The Bertz CT molecular complexity index is 1130. The number of hydrogen-bond acceptors (Lipinski definition) is 6. The standard InChI is InChI=1S/C19H20ClN3O4S/c1-28(21,25)17-9-8-16(26-17)18(24)22-13-5-2-11(3-6-13)19-23-14-10-12(20)4-7-15(14)27-19/h4,7-11,13,21H,2-3,5-6H2,1H3,(H,22,24)/t11?,13?,28-/m1/s1. The van der Waals surface area contributed by atoms with Crippen molar-refractivity contribution in [3.05, 3.63) is 47.0 Å². The summed E-state index contributed by atoms with van der Waals surface area (Å²) in [6, 6.07) is 8.29. The fraction of sp³-hybridized carbons (Fsp3) is 0.368. The van der Waals surface area contributed by atoms with Crippen molar-refractivity contribution in [3.8, 4) is 0 Å². The molecule has 1 aliphatic rings. The number of halogens is 1. The van der Waals surface area contributed by atoms with Crippen molar-refractivity contribution >= 4 is 38.3 Å². The lowest BCUT2D eigenvalue weighted by Crippen LogP contribution is -2.37. The normalized spacial score (nSPS) is 22.1. The van der Waals surface area contributed by atoms with Gasteiger partial charge < -0.3 is 14.2 Å². The number of hydrogen-bond donors (Lipinski definition) is 2. The van der Waals surface area contributed by atoms with Crippen molar-refractivity contribution in [2.45, 2.75) is 42.7 Å². The van der Waals surface area contributed by atoms with E-state index in [1.807, 2.05) is 6.07 Å². The molecular formula is C19H20ClN3O4S. The summed E-state index contributed by atoms with van der Waals surface area (Å²) in [6.45, 7) is 0. The van der Waals surface area contributed by atoms with Crippen LogP contribution in [-0.2, 0) is 9.73 Å². The van der Waals surface area contributed by atoms with E-state index in [0.29, 0.717) is 10.9 Å². The van der Waals surface area contributed by atoms with Crippen molar-refractivity contribution in [1.29, 1.82) is 4.78 Å². The van der Waals surface area contributed by atoms with E-state index in [4.69, 9.17) is 25.2 Å². The molecule has 1 aliphatic carbocycles. The Morgan fingerprint density at radius 3 is 2.64 bits per heavy atom. The van der Waals surface area contributed by atoms with E-state index in [-0.39, 0.29) is 28.7 Å². The second kappa shape index (κ2) is 7.25. The molecule has 3 aromatic rings. The van der Waals surface area contributed by atoms with Gasteiger partial charge in [-0.3, -0.25) is 4.79 Å². The van der Waals surface area contributed by atoms with Crippen molar-refractivity contribution in [1.82, 2.24) is 10.3 Å². The molecule has 0 radical (unpaired) electrons. The Morgan fingerprint density at radius 2 is 1.96 bits per heavy atom. The first-order chi connectivity index (χ1) is 13.3. The summed E-state index contributed by atoms with van der Waals surface area (Å²) >= 11 is 6.00. The van der Waals surface area contributed by atoms with E-state index in [9.17, 15) is 9.00 Å². The van der Waals surface area contributed by atoms with Gasteiger partial charge >= 0.3 is 0 Å². The number of nitrogens with one attached hydrogen (secondary N) is 2. The van der Waals surface area contributed by atoms with Crippen LogP contribution in [0.25, 0.3) is 11.1 Å². The van der Waals surface area contributed by atoms with Gasteiger partial charge in [0.05, 0.1) is 0 Å². The number of carbonyl (C=O) groups is 1. The smallest absolute Gasteiger partial charge is 0.287 e. The van der Waals surface area contributed by atoms with E-state index in [1.54, 1.807) is 12.1 Å². The second-order valence-corrected chi connectivity index (χ2v) is 9.67. The van der Waals surface area contributed by atoms with E-state index in [2.05, 4.69) is 10.3 Å². The highest BCUT2D eigenvalue weighted by Gasteiger charge is 2.28. The molecule has 2 heterocycles. The zero-order valence-electron chi connectivity index (χ0n) is 15.2. The quantitative estimate of drug-likeness (QED) is 0.641. The first-order valence-electron chi connectivity index (χ1n) is 9.00. The van der Waals surface area contributed by atoms with Crippen molar-refractivity contribution in [2.75, 3.05) is 6.26 Å². The third-order valence-corrected chi connectivity index (χ3v) is 6.19. The highest BCUT2D eigenvalue weighted by atomic mass is 35.5. The number of aromatic nitrogens is 1. The van der Waals surface area contributed by atoms with Crippen molar-refractivity contribution in [3.63, 3.8) is 0 Å². The number of furan rings is 1. The molecule has 148 valence electrons. The summed E-state index contributed by atoms with van der Waals surface area (Å²) in [4.78, 5) is 16.9. The Morgan fingerprint density at radius 1 is 1.21 bits per heavy atom. The van der Waals surface area contributed by atoms with Gasteiger partial charge in [-0.05, 0) is 56.0 Å². The van der Waals surface area contributed by atoms with Crippen LogP contribution in [0.1, 0.15) is 48.0 Å². The van der Waals surface area contributed by atoms with Crippen LogP contribution in [0.3, 0.4) is 0 Å². The lowest BCUT2D eigenvalue weighted by Gasteiger charge is -2.27. The van der Waals surface area contributed by atoms with Gasteiger partial charge in [-0.1, -0.05) is 11.6 Å². The summed E-state index contributed by atoms with van der Waals surface area (Å²) in [5.74, 6) is 0.651. The van der Waals surface area contributed by atoms with E-state index < -0.39 is 9.73 Å². The molecule has 1 aromatic carbocycles. The highest BCUT2D eigenvalue weighted by Crippen LogP contribution is 2.34. The molecule has 1 fully saturated rings. The Hall–Kier alpha value is -2.32. The van der Waals surface area contributed by atoms with Gasteiger partial charge in [0.15, 0.2) is 22.3 Å². The van der Waals surface area contributed by atoms with Crippen LogP contribution in [0.4, 0.5) is 0 Å².